The molecule has 0 saturated heterocycles. The normalized spacial score (nSPS) is 11.0. The van der Waals surface area contributed by atoms with Crippen molar-refractivity contribution in [3.63, 3.8) is 0 Å². The highest BCUT2D eigenvalue weighted by Crippen LogP contribution is 2.13. The number of aryl methyl sites for hydroxylation is 1. The van der Waals surface area contributed by atoms with Gasteiger partial charge in [0, 0.05) is 11.1 Å². The zero-order valence-corrected chi connectivity index (χ0v) is 14.5. The highest BCUT2D eigenvalue weighted by atomic mass is 16.2. The zero-order chi connectivity index (χ0) is 18.4. The molecule has 3 nitrogen and oxygen atoms in total. The Morgan fingerprint density at radius 3 is 1.85 bits per heavy atom. The molecule has 3 rings (SSSR count). The first-order valence-electron chi connectivity index (χ1n) is 8.38. The highest BCUT2D eigenvalue weighted by Gasteiger charge is 2.16. The van der Waals surface area contributed by atoms with Crippen LogP contribution in [0.5, 0.6) is 0 Å². The Labute approximate surface area is 153 Å². The molecule has 0 aliphatic rings. The average Bonchev–Trinajstić information content (AvgIpc) is 2.70. The molecular formula is C23H19NO2. The van der Waals surface area contributed by atoms with Gasteiger partial charge in [-0.05, 0) is 30.7 Å². The second-order valence-electron chi connectivity index (χ2n) is 5.98. The van der Waals surface area contributed by atoms with E-state index < -0.39 is 0 Å². The standard InChI is InChI=1S/C23H19NO2/c1-17-12-14-18(15-13-17)16-21(22(25)19-8-4-2-5-9-19)24-23(26)20-10-6-3-7-11-20/h2-16H,1H3,(H,24,26). The van der Waals surface area contributed by atoms with E-state index in [-0.39, 0.29) is 17.4 Å². The molecule has 0 saturated carbocycles. The summed E-state index contributed by atoms with van der Waals surface area (Å²) >= 11 is 0. The smallest absolute Gasteiger partial charge is 0.255 e. The van der Waals surface area contributed by atoms with Crippen molar-refractivity contribution in [3.05, 3.63) is 113 Å². The molecule has 3 heteroatoms. The van der Waals surface area contributed by atoms with E-state index >= 15 is 0 Å². The van der Waals surface area contributed by atoms with Gasteiger partial charge in [0.2, 0.25) is 5.78 Å². The quantitative estimate of drug-likeness (QED) is 0.542. The summed E-state index contributed by atoms with van der Waals surface area (Å²) in [7, 11) is 0. The summed E-state index contributed by atoms with van der Waals surface area (Å²) in [6.45, 7) is 2.00. The third-order valence-corrected chi connectivity index (χ3v) is 3.95. The molecule has 0 unspecified atom stereocenters. The van der Waals surface area contributed by atoms with Crippen LogP contribution in [-0.2, 0) is 0 Å². The number of allylic oxidation sites excluding steroid dienone is 1. The van der Waals surface area contributed by atoms with E-state index in [1.165, 1.54) is 0 Å². The summed E-state index contributed by atoms with van der Waals surface area (Å²) in [4.78, 5) is 25.4. The Bertz CT molecular complexity index is 927. The van der Waals surface area contributed by atoms with E-state index in [4.69, 9.17) is 0 Å². The van der Waals surface area contributed by atoms with Crippen molar-refractivity contribution in [2.75, 3.05) is 0 Å². The van der Waals surface area contributed by atoms with Gasteiger partial charge in [-0.3, -0.25) is 9.59 Å². The summed E-state index contributed by atoms with van der Waals surface area (Å²) in [5, 5.41) is 2.77. The van der Waals surface area contributed by atoms with Gasteiger partial charge in [-0.2, -0.15) is 0 Å². The van der Waals surface area contributed by atoms with Crippen LogP contribution < -0.4 is 5.32 Å². The maximum absolute atomic E-state index is 12.9. The minimum Gasteiger partial charge on any atom is -0.319 e. The predicted octanol–water partition coefficient (Wildman–Crippen LogP) is 4.65. The molecular weight excluding hydrogens is 322 g/mol. The Hall–Kier alpha value is -3.46. The summed E-state index contributed by atoms with van der Waals surface area (Å²) in [5.41, 5.74) is 3.26. The van der Waals surface area contributed by atoms with Crippen LogP contribution >= 0.6 is 0 Å². The second-order valence-corrected chi connectivity index (χ2v) is 5.98. The minimum atomic E-state index is -0.312. The first-order chi connectivity index (χ1) is 12.6. The van der Waals surface area contributed by atoms with Crippen molar-refractivity contribution in [3.8, 4) is 0 Å². The van der Waals surface area contributed by atoms with Crippen LogP contribution in [0, 0.1) is 6.92 Å². The maximum Gasteiger partial charge on any atom is 0.255 e. The molecule has 1 N–H and O–H groups in total. The topological polar surface area (TPSA) is 46.2 Å². The molecule has 0 atom stereocenters. The number of hydrogen-bond acceptors (Lipinski definition) is 2. The number of ketones is 1. The van der Waals surface area contributed by atoms with E-state index in [1.807, 2.05) is 43.3 Å². The summed E-state index contributed by atoms with van der Waals surface area (Å²) in [5.74, 6) is -0.538. The first-order valence-corrected chi connectivity index (χ1v) is 8.38. The molecule has 0 heterocycles. The largest absolute Gasteiger partial charge is 0.319 e. The van der Waals surface area contributed by atoms with Gasteiger partial charge in [0.25, 0.3) is 5.91 Å². The van der Waals surface area contributed by atoms with Crippen LogP contribution in [0.25, 0.3) is 6.08 Å². The number of rotatable bonds is 5. The molecule has 0 bridgehead atoms. The van der Waals surface area contributed by atoms with Crippen LogP contribution in [0.3, 0.4) is 0 Å². The number of nitrogens with one attached hydrogen (secondary N) is 1. The molecule has 3 aromatic carbocycles. The Morgan fingerprint density at radius 1 is 0.731 bits per heavy atom. The maximum atomic E-state index is 12.9. The van der Waals surface area contributed by atoms with Crippen molar-refractivity contribution >= 4 is 17.8 Å². The highest BCUT2D eigenvalue weighted by molar-refractivity contribution is 6.14. The van der Waals surface area contributed by atoms with Crippen LogP contribution in [0.1, 0.15) is 31.8 Å². The van der Waals surface area contributed by atoms with E-state index in [9.17, 15) is 9.59 Å². The van der Waals surface area contributed by atoms with Crippen molar-refractivity contribution in [2.45, 2.75) is 6.92 Å². The van der Waals surface area contributed by atoms with Gasteiger partial charge in [-0.1, -0.05) is 78.4 Å². The van der Waals surface area contributed by atoms with Crippen LogP contribution in [0.4, 0.5) is 0 Å². The summed E-state index contributed by atoms with van der Waals surface area (Å²) in [6, 6.07) is 25.5. The number of benzene rings is 3. The van der Waals surface area contributed by atoms with Gasteiger partial charge in [-0.15, -0.1) is 0 Å². The van der Waals surface area contributed by atoms with Gasteiger partial charge in [0.05, 0.1) is 5.70 Å². The van der Waals surface area contributed by atoms with Crippen molar-refractivity contribution in [2.24, 2.45) is 0 Å². The van der Waals surface area contributed by atoms with Gasteiger partial charge in [0.1, 0.15) is 0 Å². The van der Waals surface area contributed by atoms with Gasteiger partial charge in [-0.25, -0.2) is 0 Å². The fraction of sp³-hybridized carbons (Fsp3) is 0.0435. The lowest BCUT2D eigenvalue weighted by molar-refractivity contribution is 0.0934. The number of amides is 1. The van der Waals surface area contributed by atoms with E-state index in [1.54, 1.807) is 54.6 Å². The average molecular weight is 341 g/mol. The molecule has 0 aliphatic carbocycles. The molecule has 0 spiro atoms. The molecule has 26 heavy (non-hydrogen) atoms. The van der Waals surface area contributed by atoms with Crippen molar-refractivity contribution in [1.82, 2.24) is 5.32 Å². The Kier molecular flexibility index (Phi) is 5.40. The Morgan fingerprint density at radius 2 is 1.27 bits per heavy atom. The van der Waals surface area contributed by atoms with Crippen LogP contribution in [0.15, 0.2) is 90.6 Å². The van der Waals surface area contributed by atoms with E-state index in [0.29, 0.717) is 11.1 Å². The number of carbonyl (C=O) groups excluding carboxylic acids is 2. The molecule has 3 aromatic rings. The molecule has 1 amide bonds. The molecule has 0 aromatic heterocycles. The molecule has 0 radical (unpaired) electrons. The van der Waals surface area contributed by atoms with Crippen LogP contribution in [-0.4, -0.2) is 11.7 Å². The van der Waals surface area contributed by atoms with Crippen LogP contribution in [0.2, 0.25) is 0 Å². The third-order valence-electron chi connectivity index (χ3n) is 3.95. The van der Waals surface area contributed by atoms with Gasteiger partial charge >= 0.3 is 0 Å². The van der Waals surface area contributed by atoms with Gasteiger partial charge in [0.15, 0.2) is 0 Å². The minimum absolute atomic E-state index is 0.226. The first kappa shape index (κ1) is 17.4. The van der Waals surface area contributed by atoms with Crippen molar-refractivity contribution in [1.29, 1.82) is 0 Å². The third kappa shape index (κ3) is 4.33. The molecule has 0 aliphatic heterocycles. The predicted molar refractivity (Wildman–Crippen MR) is 104 cm³/mol. The second kappa shape index (κ2) is 8.08. The summed E-state index contributed by atoms with van der Waals surface area (Å²) in [6.07, 6.45) is 1.70. The molecule has 128 valence electrons. The fourth-order valence-corrected chi connectivity index (χ4v) is 2.52. The van der Waals surface area contributed by atoms with E-state index in [0.717, 1.165) is 11.1 Å². The lowest BCUT2D eigenvalue weighted by atomic mass is 10.0. The fourth-order valence-electron chi connectivity index (χ4n) is 2.52. The monoisotopic (exact) mass is 341 g/mol. The van der Waals surface area contributed by atoms with Gasteiger partial charge < -0.3 is 5.32 Å². The number of hydrogen-bond donors (Lipinski definition) is 1. The zero-order valence-electron chi connectivity index (χ0n) is 14.5. The molecule has 0 fully saturated rings. The van der Waals surface area contributed by atoms with Crippen molar-refractivity contribution < 1.29 is 9.59 Å². The lowest BCUT2D eigenvalue weighted by Gasteiger charge is -2.10. The SMILES string of the molecule is Cc1ccc(C=C(NC(=O)c2ccccc2)C(=O)c2ccccc2)cc1. The van der Waals surface area contributed by atoms with E-state index in [2.05, 4.69) is 5.32 Å². The lowest BCUT2D eigenvalue weighted by Crippen LogP contribution is -2.27. The Balaban J connectivity index is 1.94. The summed E-state index contributed by atoms with van der Waals surface area (Å²) < 4.78 is 0. The number of carbonyl (C=O) groups is 2. The number of Topliss-reactive ketones (excluding diaryl/α,β-unsaturated/α-hetero) is 1.